The Labute approximate surface area is 114 Å². The maximum absolute atomic E-state index is 6.11. The van der Waals surface area contributed by atoms with Gasteiger partial charge in [-0.2, -0.15) is 0 Å². The smallest absolute Gasteiger partial charge is 0.184 e. The van der Waals surface area contributed by atoms with Crippen molar-refractivity contribution in [2.75, 3.05) is 13.7 Å². The molecule has 2 unspecified atom stereocenters. The van der Waals surface area contributed by atoms with Crippen LogP contribution in [0.3, 0.4) is 0 Å². The molecule has 1 saturated heterocycles. The molecule has 3 heteroatoms. The Hall–Kier alpha value is -1.32. The quantitative estimate of drug-likeness (QED) is 0.781. The Morgan fingerprint density at radius 2 is 2.05 bits per heavy atom. The molecule has 1 aromatic rings. The van der Waals surface area contributed by atoms with Crippen molar-refractivity contribution in [3.8, 4) is 0 Å². The SMILES string of the molecule is CO/C=C\C1CC[C@@H]2OC(c3ccccc3)OC[C@@H]12. The summed E-state index contributed by atoms with van der Waals surface area (Å²) in [6.45, 7) is 0.767. The van der Waals surface area contributed by atoms with E-state index in [1.165, 1.54) is 0 Å². The molecule has 0 radical (unpaired) electrons. The fraction of sp³-hybridized carbons (Fsp3) is 0.500. The number of fused-ring (bicyclic) bond motifs is 1. The van der Waals surface area contributed by atoms with Crippen molar-refractivity contribution in [2.45, 2.75) is 25.2 Å². The maximum Gasteiger partial charge on any atom is 0.184 e. The first-order valence-electron chi connectivity index (χ1n) is 6.90. The first-order chi connectivity index (χ1) is 9.38. The minimum absolute atomic E-state index is 0.201. The molecule has 102 valence electrons. The van der Waals surface area contributed by atoms with Gasteiger partial charge in [-0.05, 0) is 24.8 Å². The number of hydrogen-bond donors (Lipinski definition) is 0. The molecule has 0 bridgehead atoms. The molecule has 1 aromatic carbocycles. The van der Waals surface area contributed by atoms with E-state index in [1.807, 2.05) is 18.2 Å². The van der Waals surface area contributed by atoms with Crippen LogP contribution in [0.2, 0.25) is 0 Å². The third kappa shape index (κ3) is 2.67. The fourth-order valence-corrected chi connectivity index (χ4v) is 3.06. The van der Waals surface area contributed by atoms with Crippen molar-refractivity contribution in [3.63, 3.8) is 0 Å². The number of allylic oxidation sites excluding steroid dienone is 1. The van der Waals surface area contributed by atoms with E-state index in [1.54, 1.807) is 13.4 Å². The molecule has 0 aromatic heterocycles. The van der Waals surface area contributed by atoms with Crippen molar-refractivity contribution in [3.05, 3.63) is 48.2 Å². The standard InChI is InChI=1S/C16H20O3/c1-17-10-9-12-7-8-15-14(12)11-18-16(19-15)13-5-3-2-4-6-13/h2-6,9-10,12,14-16H,7-8,11H2,1H3/b10-9-/t12?,14-,15-,16?/m0/s1. The summed E-state index contributed by atoms with van der Waals surface area (Å²) in [5.41, 5.74) is 1.11. The summed E-state index contributed by atoms with van der Waals surface area (Å²) in [5.74, 6) is 0.980. The van der Waals surface area contributed by atoms with E-state index < -0.39 is 0 Å². The van der Waals surface area contributed by atoms with Gasteiger partial charge in [-0.25, -0.2) is 0 Å². The van der Waals surface area contributed by atoms with Crippen LogP contribution in [0.4, 0.5) is 0 Å². The van der Waals surface area contributed by atoms with Gasteiger partial charge in [0.1, 0.15) is 0 Å². The molecule has 0 N–H and O–H groups in total. The van der Waals surface area contributed by atoms with E-state index in [9.17, 15) is 0 Å². The molecule has 1 heterocycles. The van der Waals surface area contributed by atoms with E-state index in [2.05, 4.69) is 18.2 Å². The number of ether oxygens (including phenoxy) is 3. The molecule has 2 aliphatic rings. The Morgan fingerprint density at radius 1 is 1.21 bits per heavy atom. The molecule has 4 atom stereocenters. The summed E-state index contributed by atoms with van der Waals surface area (Å²) in [4.78, 5) is 0. The Kier molecular flexibility index (Phi) is 3.85. The highest BCUT2D eigenvalue weighted by atomic mass is 16.7. The maximum atomic E-state index is 6.11. The predicted molar refractivity (Wildman–Crippen MR) is 72.4 cm³/mol. The third-order valence-electron chi connectivity index (χ3n) is 4.08. The van der Waals surface area contributed by atoms with E-state index in [-0.39, 0.29) is 6.29 Å². The first-order valence-corrected chi connectivity index (χ1v) is 6.90. The van der Waals surface area contributed by atoms with Crippen LogP contribution in [-0.2, 0) is 14.2 Å². The summed E-state index contributed by atoms with van der Waals surface area (Å²) in [6, 6.07) is 10.2. The largest absolute Gasteiger partial charge is 0.505 e. The molecule has 1 aliphatic carbocycles. The molecular weight excluding hydrogens is 240 g/mol. The van der Waals surface area contributed by atoms with Crippen LogP contribution in [0.15, 0.2) is 42.7 Å². The van der Waals surface area contributed by atoms with Gasteiger partial charge in [-0.1, -0.05) is 30.3 Å². The molecule has 2 fully saturated rings. The lowest BCUT2D eigenvalue weighted by Gasteiger charge is -2.34. The minimum atomic E-state index is -0.201. The van der Waals surface area contributed by atoms with Gasteiger partial charge < -0.3 is 14.2 Å². The van der Waals surface area contributed by atoms with Crippen LogP contribution in [0.1, 0.15) is 24.7 Å². The van der Waals surface area contributed by atoms with Crippen LogP contribution in [-0.4, -0.2) is 19.8 Å². The highest BCUT2D eigenvalue weighted by Gasteiger charge is 2.41. The van der Waals surface area contributed by atoms with Crippen LogP contribution in [0, 0.1) is 11.8 Å². The highest BCUT2D eigenvalue weighted by molar-refractivity contribution is 5.16. The van der Waals surface area contributed by atoms with Crippen molar-refractivity contribution in [1.82, 2.24) is 0 Å². The zero-order valence-corrected chi connectivity index (χ0v) is 11.2. The molecule has 3 nitrogen and oxygen atoms in total. The van der Waals surface area contributed by atoms with Gasteiger partial charge in [-0.15, -0.1) is 0 Å². The van der Waals surface area contributed by atoms with Crippen LogP contribution in [0.25, 0.3) is 0 Å². The van der Waals surface area contributed by atoms with Crippen molar-refractivity contribution < 1.29 is 14.2 Å². The molecular formula is C16H20O3. The Morgan fingerprint density at radius 3 is 2.84 bits per heavy atom. The molecule has 19 heavy (non-hydrogen) atoms. The number of methoxy groups -OCH3 is 1. The lowest BCUT2D eigenvalue weighted by molar-refractivity contribution is -0.236. The van der Waals surface area contributed by atoms with Crippen LogP contribution < -0.4 is 0 Å². The second-order valence-electron chi connectivity index (χ2n) is 5.22. The highest BCUT2D eigenvalue weighted by Crippen LogP contribution is 2.42. The van der Waals surface area contributed by atoms with Crippen LogP contribution in [0.5, 0.6) is 0 Å². The van der Waals surface area contributed by atoms with Gasteiger partial charge in [0.05, 0.1) is 26.1 Å². The monoisotopic (exact) mass is 260 g/mol. The van der Waals surface area contributed by atoms with Gasteiger partial charge in [0.2, 0.25) is 0 Å². The van der Waals surface area contributed by atoms with Gasteiger partial charge in [0.25, 0.3) is 0 Å². The number of benzene rings is 1. The molecule has 1 aliphatic heterocycles. The molecule has 3 rings (SSSR count). The van der Waals surface area contributed by atoms with E-state index in [0.29, 0.717) is 17.9 Å². The average Bonchev–Trinajstić information content (AvgIpc) is 2.88. The molecule has 0 spiro atoms. The van der Waals surface area contributed by atoms with Gasteiger partial charge in [0.15, 0.2) is 6.29 Å². The van der Waals surface area contributed by atoms with Crippen LogP contribution >= 0.6 is 0 Å². The topological polar surface area (TPSA) is 27.7 Å². The summed E-state index contributed by atoms with van der Waals surface area (Å²) in [7, 11) is 1.68. The van der Waals surface area contributed by atoms with Crippen molar-refractivity contribution in [1.29, 1.82) is 0 Å². The van der Waals surface area contributed by atoms with E-state index in [0.717, 1.165) is 25.0 Å². The second kappa shape index (κ2) is 5.76. The summed E-state index contributed by atoms with van der Waals surface area (Å²) in [6.07, 6.45) is 6.28. The van der Waals surface area contributed by atoms with Gasteiger partial charge in [0, 0.05) is 11.5 Å². The minimum Gasteiger partial charge on any atom is -0.505 e. The fourth-order valence-electron chi connectivity index (χ4n) is 3.06. The van der Waals surface area contributed by atoms with E-state index >= 15 is 0 Å². The van der Waals surface area contributed by atoms with Crippen molar-refractivity contribution >= 4 is 0 Å². The summed E-state index contributed by atoms with van der Waals surface area (Å²) >= 11 is 0. The summed E-state index contributed by atoms with van der Waals surface area (Å²) in [5, 5.41) is 0. The van der Waals surface area contributed by atoms with E-state index in [4.69, 9.17) is 14.2 Å². The van der Waals surface area contributed by atoms with Crippen molar-refractivity contribution in [2.24, 2.45) is 11.8 Å². The number of hydrogen-bond acceptors (Lipinski definition) is 3. The zero-order chi connectivity index (χ0) is 13.1. The zero-order valence-electron chi connectivity index (χ0n) is 11.2. The third-order valence-corrected chi connectivity index (χ3v) is 4.08. The average molecular weight is 260 g/mol. The van der Waals surface area contributed by atoms with Gasteiger partial charge >= 0.3 is 0 Å². The van der Waals surface area contributed by atoms with Gasteiger partial charge in [-0.3, -0.25) is 0 Å². The number of rotatable bonds is 3. The lowest BCUT2D eigenvalue weighted by atomic mass is 9.95. The molecule has 0 amide bonds. The molecule has 1 saturated carbocycles. The summed E-state index contributed by atoms with van der Waals surface area (Å²) < 4.78 is 17.0. The Bertz CT molecular complexity index is 429. The lowest BCUT2D eigenvalue weighted by Crippen LogP contribution is -2.34. The second-order valence-corrected chi connectivity index (χ2v) is 5.22. The predicted octanol–water partition coefficient (Wildman–Crippen LogP) is 3.29. The Balaban J connectivity index is 1.65. The normalized spacial score (nSPS) is 34.4. The first kappa shape index (κ1) is 12.7.